The maximum absolute atomic E-state index is 7.64. The molecule has 19 aromatic carbocycles. The molecule has 10 heterocycles. The molecule has 0 aliphatic rings. The van der Waals surface area contributed by atoms with Crippen LogP contribution in [0.3, 0.4) is 0 Å². The molecular formula is C123H72N10O3S. The summed E-state index contributed by atoms with van der Waals surface area (Å²) in [6, 6.07) is 138. The fraction of sp³-hybridized carbons (Fsp3) is 0.00813. The van der Waals surface area contributed by atoms with E-state index in [0.29, 0.717) is 57.3 Å². The number of benzene rings is 19. The van der Waals surface area contributed by atoms with Crippen LogP contribution in [0.4, 0.5) is 0 Å². The summed E-state index contributed by atoms with van der Waals surface area (Å²) in [7, 11) is 0. The highest BCUT2D eigenvalue weighted by Gasteiger charge is 2.31. The van der Waals surface area contributed by atoms with Crippen LogP contribution in [-0.4, -0.2) is 48.2 Å². The van der Waals surface area contributed by atoms with Crippen molar-refractivity contribution in [1.82, 2.24) is 48.2 Å². The molecule has 29 aromatic rings. The van der Waals surface area contributed by atoms with Crippen molar-refractivity contribution in [2.75, 3.05) is 0 Å². The van der Waals surface area contributed by atoms with Gasteiger partial charge in [0.2, 0.25) is 0 Å². The molecule has 0 amide bonds. The number of thiophene rings is 1. The van der Waals surface area contributed by atoms with Crippen LogP contribution >= 0.6 is 11.3 Å². The first kappa shape index (κ1) is 76.5. The van der Waals surface area contributed by atoms with Gasteiger partial charge in [-0.15, -0.1) is 11.3 Å². The lowest BCUT2D eigenvalue weighted by atomic mass is 10.00. The topological polar surface area (TPSA) is 136 Å². The van der Waals surface area contributed by atoms with E-state index in [1.54, 1.807) is 11.3 Å². The summed E-state index contributed by atoms with van der Waals surface area (Å²) < 4.78 is 33.6. The van der Waals surface area contributed by atoms with Crippen molar-refractivity contribution in [3.05, 3.63) is 418 Å². The Labute approximate surface area is 784 Å². The van der Waals surface area contributed by atoms with E-state index >= 15 is 0 Å². The van der Waals surface area contributed by atoms with Crippen molar-refractivity contribution in [3.8, 4) is 102 Å². The summed E-state index contributed by atoms with van der Waals surface area (Å²) in [5.74, 6) is 2.90. The van der Waals surface area contributed by atoms with Crippen LogP contribution < -0.4 is 0 Å². The van der Waals surface area contributed by atoms with Crippen LogP contribution in [0, 0.1) is 6.92 Å². The largest absolute Gasteiger partial charge is 0.456 e. The van der Waals surface area contributed by atoms with Gasteiger partial charge in [0, 0.05) is 130 Å². The zero-order chi connectivity index (χ0) is 89.9. The molecule has 14 heteroatoms. The van der Waals surface area contributed by atoms with Crippen LogP contribution in [0.15, 0.2) is 420 Å². The van der Waals surface area contributed by atoms with E-state index in [-0.39, 0.29) is 0 Å². The molecule has 137 heavy (non-hydrogen) atoms. The highest BCUT2D eigenvalue weighted by atomic mass is 32.1. The Morgan fingerprint density at radius 2 is 0.628 bits per heavy atom. The molecular weight excluding hydrogens is 1700 g/mol. The number of aromatic nitrogens is 10. The molecule has 0 saturated carbocycles. The van der Waals surface area contributed by atoms with Crippen LogP contribution in [0.1, 0.15) is 11.3 Å². The zero-order valence-electron chi connectivity index (χ0n) is 73.5. The van der Waals surface area contributed by atoms with Crippen LogP contribution in [0.2, 0.25) is 0 Å². The van der Waals surface area contributed by atoms with E-state index in [1.165, 1.54) is 15.5 Å². The van der Waals surface area contributed by atoms with Crippen molar-refractivity contribution in [1.29, 1.82) is 0 Å². The number of furan rings is 3. The Balaban J connectivity index is 0.610. The number of hydrogen-bond donors (Lipinski definition) is 0. The highest BCUT2D eigenvalue weighted by Crippen LogP contribution is 2.50. The number of fused-ring (bicyclic) bond motifs is 24. The molecule has 0 bridgehead atoms. The average Bonchev–Trinajstić information content (AvgIpc) is 1.57. The normalized spacial score (nSPS) is 12.3. The molecule has 0 aliphatic carbocycles. The Bertz CT molecular complexity index is 10300. The molecule has 0 N–H and O–H groups in total. The molecule has 0 aliphatic heterocycles. The second-order valence-electron chi connectivity index (χ2n) is 35.6. The number of aryl methyl sites for hydroxylation is 1. The standard InChI is InChI=1S/C123H72N10O3S/c1-3-4-38-98-70(2)93-63-77(47-55-102(93)130(98)81-29-7-5-8-30-81)118-124-120(128-122(126-118)114-104(57-53-91-86-36-18-23-42-108(86)135-116(91)114)132-100-40-21-16-34-84(100)95-60-71-25-11-13-27-73(71)65-106(95)132)79-45-51-88-97-62-75(49-59-109(97)134-110(88)68-79)76-44-50-87-92-54-58-105(133-101-41-22-17-35-85(101)96-61-72-26-12-14-28-74(72)66-107(96)133)115(117(92)136-111(87)67-76)123-127-119(125-121(129-123)80-46-52-90-89-37-19-24-43-112(89)137-113(90)69-80)78-48-56-103-94(64-78)83-33-15-20-39-99(83)131(103)82-31-9-6-10-32-82/h3-69H,1H2,2H3/b38-4-. The van der Waals surface area contributed by atoms with E-state index in [0.717, 1.165) is 225 Å². The summed E-state index contributed by atoms with van der Waals surface area (Å²) in [6.07, 6.45) is 5.94. The monoisotopic (exact) mass is 1770 g/mol. The second kappa shape index (κ2) is 29.6. The molecule has 0 unspecified atom stereocenters. The van der Waals surface area contributed by atoms with E-state index in [2.05, 4.69) is 408 Å². The van der Waals surface area contributed by atoms with E-state index in [1.807, 2.05) is 30.4 Å². The molecule has 0 atom stereocenters. The maximum Gasteiger partial charge on any atom is 0.170 e. The minimum Gasteiger partial charge on any atom is -0.456 e. The maximum atomic E-state index is 7.64. The predicted molar refractivity (Wildman–Crippen MR) is 565 cm³/mol. The lowest BCUT2D eigenvalue weighted by Crippen LogP contribution is -2.04. The Morgan fingerprint density at radius 3 is 1.23 bits per heavy atom. The number of rotatable bonds is 13. The Hall–Kier alpha value is -18.2. The summed E-state index contributed by atoms with van der Waals surface area (Å²) >= 11 is 1.78. The van der Waals surface area contributed by atoms with Gasteiger partial charge in [0.1, 0.15) is 33.5 Å². The third-order valence-electron chi connectivity index (χ3n) is 28.0. The molecule has 10 aromatic heterocycles. The summed E-state index contributed by atoms with van der Waals surface area (Å²) in [4.78, 5) is 34.1. The summed E-state index contributed by atoms with van der Waals surface area (Å²) in [6.45, 7) is 6.24. The first-order chi connectivity index (χ1) is 67.7. The van der Waals surface area contributed by atoms with Gasteiger partial charge in [0.25, 0.3) is 0 Å². The lowest BCUT2D eigenvalue weighted by molar-refractivity contribution is 0.668. The fourth-order valence-corrected chi connectivity index (χ4v) is 22.8. The Kier molecular flexibility index (Phi) is 16.5. The summed E-state index contributed by atoms with van der Waals surface area (Å²) in [5.41, 5.74) is 24.1. The lowest BCUT2D eigenvalue weighted by Gasteiger charge is -2.15. The molecule has 0 saturated heterocycles. The van der Waals surface area contributed by atoms with E-state index in [4.69, 9.17) is 43.2 Å². The van der Waals surface area contributed by atoms with Crippen molar-refractivity contribution in [2.24, 2.45) is 0 Å². The van der Waals surface area contributed by atoms with Crippen molar-refractivity contribution in [2.45, 2.75) is 6.92 Å². The van der Waals surface area contributed by atoms with Crippen molar-refractivity contribution >= 4 is 201 Å². The number of nitrogens with zero attached hydrogens (tertiary/aromatic N) is 10. The SMILES string of the molecule is C=C/C=C\c1c(C)c2cc(-c3nc(-c4ccc5c(c4)oc4ccc(-c6ccc7c(c6)oc6c(-c8nc(-c9ccc%10c(c9)sc9ccccc9%10)nc(-c9ccc%10c(c9)c9ccccc9n%10-c9ccccc9)n8)c(-n8c9ccccc9c9cc%10ccccc%10cc98)ccc67)cc45)nc(-c4c(-n5c6ccccc6c6cc7ccccc7cc65)ccc5c4oc4ccccc45)n3)ccc2n1-c1ccccc1. The molecule has 0 radical (unpaired) electrons. The first-order valence-corrected chi connectivity index (χ1v) is 46.9. The fourth-order valence-electron chi connectivity index (χ4n) is 21.7. The number of para-hydroxylation sites is 6. The van der Waals surface area contributed by atoms with Crippen LogP contribution in [-0.2, 0) is 0 Å². The van der Waals surface area contributed by atoms with Gasteiger partial charge >= 0.3 is 0 Å². The van der Waals surface area contributed by atoms with Gasteiger partial charge in [0.15, 0.2) is 34.9 Å². The minimum absolute atomic E-state index is 0.439. The van der Waals surface area contributed by atoms with Gasteiger partial charge in [-0.05, 0) is 233 Å². The van der Waals surface area contributed by atoms with Crippen molar-refractivity contribution in [3.63, 3.8) is 0 Å². The number of hydrogen-bond acceptors (Lipinski definition) is 10. The Morgan fingerprint density at radius 1 is 0.248 bits per heavy atom. The molecule has 29 rings (SSSR count). The third kappa shape index (κ3) is 11.7. The predicted octanol–water partition coefficient (Wildman–Crippen LogP) is 32.8. The molecule has 0 fully saturated rings. The molecule has 13 nitrogen and oxygen atoms in total. The molecule has 0 spiro atoms. The smallest absolute Gasteiger partial charge is 0.170 e. The quantitative estimate of drug-likeness (QED) is 0.103. The molecule has 638 valence electrons. The van der Waals surface area contributed by atoms with Crippen LogP contribution in [0.25, 0.3) is 292 Å². The minimum atomic E-state index is 0.439. The van der Waals surface area contributed by atoms with Gasteiger partial charge in [0.05, 0.1) is 61.1 Å². The zero-order valence-corrected chi connectivity index (χ0v) is 74.3. The van der Waals surface area contributed by atoms with Gasteiger partial charge in [-0.2, -0.15) is 0 Å². The van der Waals surface area contributed by atoms with E-state index < -0.39 is 0 Å². The van der Waals surface area contributed by atoms with Gasteiger partial charge in [-0.1, -0.05) is 225 Å². The average molecular weight is 1770 g/mol. The third-order valence-corrected chi connectivity index (χ3v) is 29.1. The van der Waals surface area contributed by atoms with E-state index in [9.17, 15) is 0 Å². The van der Waals surface area contributed by atoms with Crippen molar-refractivity contribution < 1.29 is 13.3 Å². The van der Waals surface area contributed by atoms with Crippen LogP contribution in [0.5, 0.6) is 0 Å². The van der Waals surface area contributed by atoms with Gasteiger partial charge < -0.3 is 31.5 Å². The van der Waals surface area contributed by atoms with Gasteiger partial charge in [-0.25, -0.2) is 29.9 Å². The first-order valence-electron chi connectivity index (χ1n) is 46.0. The van der Waals surface area contributed by atoms with Gasteiger partial charge in [-0.3, -0.25) is 0 Å². The highest BCUT2D eigenvalue weighted by molar-refractivity contribution is 7.25. The second-order valence-corrected chi connectivity index (χ2v) is 36.7. The number of allylic oxidation sites excluding steroid dienone is 2. The summed E-state index contributed by atoms with van der Waals surface area (Å²) in [5, 5.41) is 20.4.